The van der Waals surface area contributed by atoms with Gasteiger partial charge in [-0.15, -0.1) is 0 Å². The van der Waals surface area contributed by atoms with Crippen molar-refractivity contribution < 1.29 is 5.21 Å². The van der Waals surface area contributed by atoms with Gasteiger partial charge in [0.25, 0.3) is 0 Å². The Morgan fingerprint density at radius 2 is 1.86 bits per heavy atom. The van der Waals surface area contributed by atoms with Gasteiger partial charge < -0.3 is 10.1 Å². The third kappa shape index (κ3) is 1.81. The molecule has 1 N–H and O–H groups in total. The van der Waals surface area contributed by atoms with Crippen molar-refractivity contribution in [2.45, 2.75) is 12.8 Å². The molecule has 0 radical (unpaired) electrons. The molecule has 1 aromatic heterocycles. The molecule has 1 aliphatic heterocycles. The van der Waals surface area contributed by atoms with Crippen molar-refractivity contribution >= 4 is 11.7 Å². The normalized spacial score (nSPS) is 16.9. The number of aromatic nitrogens is 2. The van der Waals surface area contributed by atoms with Crippen LogP contribution < -0.4 is 4.90 Å². The number of rotatable bonds is 1. The first-order valence-corrected chi connectivity index (χ1v) is 4.62. The van der Waals surface area contributed by atoms with Gasteiger partial charge >= 0.3 is 0 Å². The van der Waals surface area contributed by atoms with E-state index in [0.717, 1.165) is 37.6 Å². The number of hydrogen-bond acceptors (Lipinski definition) is 5. The predicted molar refractivity (Wildman–Crippen MR) is 52.7 cm³/mol. The zero-order chi connectivity index (χ0) is 9.80. The lowest BCUT2D eigenvalue weighted by molar-refractivity contribution is 0.315. The molecule has 2 rings (SSSR count). The number of anilines is 1. The molecule has 0 aromatic carbocycles. The van der Waals surface area contributed by atoms with Gasteiger partial charge in [0.1, 0.15) is 0 Å². The first kappa shape index (κ1) is 8.93. The summed E-state index contributed by atoms with van der Waals surface area (Å²) in [4.78, 5) is 10.4. The fourth-order valence-corrected chi connectivity index (χ4v) is 1.52. The fraction of sp³-hybridized carbons (Fsp3) is 0.444. The second-order valence-electron chi connectivity index (χ2n) is 3.20. The minimum atomic E-state index is 0.754. The van der Waals surface area contributed by atoms with Crippen LogP contribution in [0.5, 0.6) is 0 Å². The molecule has 0 unspecified atom stereocenters. The molecular weight excluding hydrogens is 180 g/mol. The molecule has 0 aliphatic carbocycles. The van der Waals surface area contributed by atoms with Gasteiger partial charge in [-0.3, -0.25) is 0 Å². The Morgan fingerprint density at radius 1 is 1.21 bits per heavy atom. The van der Waals surface area contributed by atoms with Crippen LogP contribution in [0.2, 0.25) is 0 Å². The van der Waals surface area contributed by atoms with E-state index in [2.05, 4.69) is 20.0 Å². The lowest BCUT2D eigenvalue weighted by Crippen LogP contribution is -2.34. The van der Waals surface area contributed by atoms with Gasteiger partial charge in [0.2, 0.25) is 5.95 Å². The highest BCUT2D eigenvalue weighted by molar-refractivity contribution is 5.85. The Labute approximate surface area is 82.1 Å². The van der Waals surface area contributed by atoms with E-state index in [1.165, 1.54) is 0 Å². The largest absolute Gasteiger partial charge is 0.411 e. The van der Waals surface area contributed by atoms with Crippen molar-refractivity contribution in [3.63, 3.8) is 0 Å². The van der Waals surface area contributed by atoms with Crippen LogP contribution in [0.15, 0.2) is 23.6 Å². The van der Waals surface area contributed by atoms with Gasteiger partial charge in [-0.25, -0.2) is 9.97 Å². The second-order valence-corrected chi connectivity index (χ2v) is 3.20. The minimum Gasteiger partial charge on any atom is -0.411 e. The van der Waals surface area contributed by atoms with Crippen molar-refractivity contribution in [3.8, 4) is 0 Å². The number of nitrogens with zero attached hydrogens (tertiary/aromatic N) is 4. The predicted octanol–water partition coefficient (Wildman–Crippen LogP) is 0.907. The zero-order valence-electron chi connectivity index (χ0n) is 7.80. The van der Waals surface area contributed by atoms with Crippen LogP contribution in [-0.2, 0) is 0 Å². The topological polar surface area (TPSA) is 61.6 Å². The summed E-state index contributed by atoms with van der Waals surface area (Å²) in [6.07, 6.45) is 5.04. The van der Waals surface area contributed by atoms with Gasteiger partial charge in [-0.1, -0.05) is 5.16 Å². The van der Waals surface area contributed by atoms with Crippen LogP contribution >= 0.6 is 0 Å². The molecule has 1 fully saturated rings. The van der Waals surface area contributed by atoms with Gasteiger partial charge in [0.15, 0.2) is 0 Å². The SMILES string of the molecule is ON=C1CCN(c2ncccn2)CC1. The molecule has 5 heteroatoms. The van der Waals surface area contributed by atoms with E-state index in [1.54, 1.807) is 18.5 Å². The summed E-state index contributed by atoms with van der Waals surface area (Å²) in [5.41, 5.74) is 0.859. The molecule has 0 amide bonds. The molecule has 0 saturated carbocycles. The minimum absolute atomic E-state index is 0.754. The molecule has 0 atom stereocenters. The van der Waals surface area contributed by atoms with Gasteiger partial charge in [0.05, 0.1) is 5.71 Å². The molecule has 14 heavy (non-hydrogen) atoms. The van der Waals surface area contributed by atoms with Crippen molar-refractivity contribution in [2.75, 3.05) is 18.0 Å². The van der Waals surface area contributed by atoms with Crippen molar-refractivity contribution in [1.82, 2.24) is 9.97 Å². The molecular formula is C9H12N4O. The van der Waals surface area contributed by atoms with Crippen LogP contribution in [0.4, 0.5) is 5.95 Å². The van der Waals surface area contributed by atoms with Crippen LogP contribution in [0.1, 0.15) is 12.8 Å². The first-order valence-electron chi connectivity index (χ1n) is 4.62. The summed E-state index contributed by atoms with van der Waals surface area (Å²) in [6, 6.07) is 1.80. The Morgan fingerprint density at radius 3 is 2.43 bits per heavy atom. The quantitative estimate of drug-likeness (QED) is 0.530. The van der Waals surface area contributed by atoms with Crippen molar-refractivity contribution in [2.24, 2.45) is 5.16 Å². The first-order chi connectivity index (χ1) is 6.90. The van der Waals surface area contributed by atoms with Crippen LogP contribution in [0, 0.1) is 0 Å². The van der Waals surface area contributed by atoms with Gasteiger partial charge in [-0.2, -0.15) is 0 Å². The third-order valence-electron chi connectivity index (χ3n) is 2.32. The molecule has 1 saturated heterocycles. The Bertz CT molecular complexity index is 315. The zero-order valence-corrected chi connectivity index (χ0v) is 7.80. The van der Waals surface area contributed by atoms with E-state index in [-0.39, 0.29) is 0 Å². The number of hydrogen-bond donors (Lipinski definition) is 1. The highest BCUT2D eigenvalue weighted by atomic mass is 16.4. The summed E-state index contributed by atoms with van der Waals surface area (Å²) in [7, 11) is 0. The second kappa shape index (κ2) is 4.04. The van der Waals surface area contributed by atoms with Crippen LogP contribution in [-0.4, -0.2) is 34.0 Å². The summed E-state index contributed by atoms with van der Waals surface area (Å²) < 4.78 is 0. The molecule has 1 aliphatic rings. The molecule has 2 heterocycles. The van der Waals surface area contributed by atoms with E-state index in [1.807, 2.05) is 0 Å². The molecule has 5 nitrogen and oxygen atoms in total. The maximum atomic E-state index is 8.59. The van der Waals surface area contributed by atoms with E-state index in [0.29, 0.717) is 0 Å². The summed E-state index contributed by atoms with van der Waals surface area (Å²) in [5, 5.41) is 11.8. The van der Waals surface area contributed by atoms with Crippen LogP contribution in [0.25, 0.3) is 0 Å². The highest BCUT2D eigenvalue weighted by Gasteiger charge is 2.16. The standard InChI is InChI=1S/C9H12N4O/c14-12-8-2-6-13(7-3-8)9-10-4-1-5-11-9/h1,4-5,14H,2-3,6-7H2. The maximum absolute atomic E-state index is 8.59. The average molecular weight is 192 g/mol. The van der Waals surface area contributed by atoms with E-state index in [9.17, 15) is 0 Å². The summed E-state index contributed by atoms with van der Waals surface area (Å²) in [6.45, 7) is 1.65. The van der Waals surface area contributed by atoms with Crippen molar-refractivity contribution in [1.29, 1.82) is 0 Å². The molecule has 0 spiro atoms. The van der Waals surface area contributed by atoms with E-state index < -0.39 is 0 Å². The van der Waals surface area contributed by atoms with E-state index in [4.69, 9.17) is 5.21 Å². The molecule has 1 aromatic rings. The van der Waals surface area contributed by atoms with Crippen molar-refractivity contribution in [3.05, 3.63) is 18.5 Å². The number of oxime groups is 1. The Hall–Kier alpha value is -1.65. The van der Waals surface area contributed by atoms with Gasteiger partial charge in [-0.05, 0) is 6.07 Å². The maximum Gasteiger partial charge on any atom is 0.225 e. The Balaban J connectivity index is 2.03. The number of piperidine rings is 1. The van der Waals surface area contributed by atoms with E-state index >= 15 is 0 Å². The lowest BCUT2D eigenvalue weighted by Gasteiger charge is -2.26. The smallest absolute Gasteiger partial charge is 0.225 e. The molecule has 74 valence electrons. The van der Waals surface area contributed by atoms with Crippen LogP contribution in [0.3, 0.4) is 0 Å². The average Bonchev–Trinajstić information content (AvgIpc) is 2.30. The summed E-state index contributed by atoms with van der Waals surface area (Å²) >= 11 is 0. The lowest BCUT2D eigenvalue weighted by atomic mass is 10.1. The van der Waals surface area contributed by atoms with Gasteiger partial charge in [0, 0.05) is 38.3 Å². The monoisotopic (exact) mass is 192 g/mol. The highest BCUT2D eigenvalue weighted by Crippen LogP contribution is 2.12. The molecule has 0 bridgehead atoms. The summed E-state index contributed by atoms with van der Waals surface area (Å²) in [5.74, 6) is 0.754. The fourth-order valence-electron chi connectivity index (χ4n) is 1.52. The third-order valence-corrected chi connectivity index (χ3v) is 2.32. The Kier molecular flexibility index (Phi) is 2.58.